The summed E-state index contributed by atoms with van der Waals surface area (Å²) in [5, 5.41) is 8.89. The summed E-state index contributed by atoms with van der Waals surface area (Å²) in [6, 6.07) is 0. The molecule has 0 unspecified atom stereocenters. The molecule has 1 N–H and O–H groups in total. The van der Waals surface area contributed by atoms with Crippen LogP contribution in [0.1, 0.15) is 26.7 Å². The van der Waals surface area contributed by atoms with E-state index in [0.29, 0.717) is 13.1 Å². The van der Waals surface area contributed by atoms with Crippen molar-refractivity contribution in [2.75, 3.05) is 13.1 Å². The molecule has 0 bridgehead atoms. The van der Waals surface area contributed by atoms with E-state index in [1.165, 1.54) is 0 Å². The number of hydrogen-bond donors (Lipinski definition) is 1. The van der Waals surface area contributed by atoms with Crippen LogP contribution in [0.3, 0.4) is 0 Å². The first-order valence-corrected chi connectivity index (χ1v) is 4.93. The predicted molar refractivity (Wildman–Crippen MR) is 51.5 cm³/mol. The monoisotopic (exact) mass is 198 g/mol. The average Bonchev–Trinajstić information content (AvgIpc) is 2.53. The summed E-state index contributed by atoms with van der Waals surface area (Å²) in [5.74, 6) is -1.60. The zero-order chi connectivity index (χ0) is 10.7. The molecule has 0 aromatic rings. The van der Waals surface area contributed by atoms with Crippen molar-refractivity contribution in [3.05, 3.63) is 5.92 Å². The summed E-state index contributed by atoms with van der Waals surface area (Å²) in [7, 11) is 0. The first-order chi connectivity index (χ1) is 6.54. The van der Waals surface area contributed by atoms with Crippen molar-refractivity contribution in [1.29, 1.82) is 0 Å². The third-order valence-corrected chi connectivity index (χ3v) is 2.43. The van der Waals surface area contributed by atoms with Crippen LogP contribution in [0.15, 0.2) is 0 Å². The van der Waals surface area contributed by atoms with E-state index < -0.39 is 5.97 Å². The van der Waals surface area contributed by atoms with Crippen molar-refractivity contribution in [2.24, 2.45) is 5.92 Å². The Bertz CT molecular complexity index is 232. The van der Waals surface area contributed by atoms with Crippen LogP contribution < -0.4 is 0 Å². The van der Waals surface area contributed by atoms with Gasteiger partial charge in [0.05, 0.1) is 0 Å². The molecule has 1 heterocycles. The lowest BCUT2D eigenvalue weighted by atomic mass is 9.94. The van der Waals surface area contributed by atoms with Crippen LogP contribution in [0, 0.1) is 11.8 Å². The molecule has 1 aliphatic rings. The number of carboxylic acids is 1. The largest absolute Gasteiger partial charge is 0.480 e. The Kier molecular flexibility index (Phi) is 3.49. The average molecular weight is 198 g/mol. The fourth-order valence-electron chi connectivity index (χ4n) is 1.68. The lowest BCUT2D eigenvalue weighted by Crippen LogP contribution is -2.38. The second-order valence-electron chi connectivity index (χ2n) is 3.87. The van der Waals surface area contributed by atoms with E-state index in [-0.39, 0.29) is 17.7 Å². The summed E-state index contributed by atoms with van der Waals surface area (Å²) < 4.78 is 0. The van der Waals surface area contributed by atoms with Gasteiger partial charge in [0.15, 0.2) is 5.92 Å². The molecule has 1 rings (SSSR count). The maximum absolute atomic E-state index is 11.7. The fraction of sp³-hybridized carbons (Fsp3) is 0.700. The van der Waals surface area contributed by atoms with E-state index in [2.05, 4.69) is 0 Å². The van der Waals surface area contributed by atoms with E-state index in [0.717, 1.165) is 12.8 Å². The molecule has 14 heavy (non-hydrogen) atoms. The van der Waals surface area contributed by atoms with Crippen LogP contribution in [0.25, 0.3) is 0 Å². The smallest absolute Gasteiger partial charge is 0.321 e. The molecular weight excluding hydrogens is 182 g/mol. The van der Waals surface area contributed by atoms with Crippen molar-refractivity contribution < 1.29 is 14.7 Å². The molecule has 1 saturated heterocycles. The second kappa shape index (κ2) is 4.44. The van der Waals surface area contributed by atoms with E-state index in [1.54, 1.807) is 18.7 Å². The van der Waals surface area contributed by atoms with Crippen LogP contribution in [0.4, 0.5) is 0 Å². The number of rotatable bonds is 3. The highest BCUT2D eigenvalue weighted by Gasteiger charge is 2.35. The van der Waals surface area contributed by atoms with E-state index in [9.17, 15) is 9.59 Å². The molecule has 4 heteroatoms. The Morgan fingerprint density at radius 2 is 1.71 bits per heavy atom. The van der Waals surface area contributed by atoms with Gasteiger partial charge in [-0.1, -0.05) is 13.8 Å². The van der Waals surface area contributed by atoms with Gasteiger partial charge in [-0.05, 0) is 18.8 Å². The molecule has 1 amide bonds. The van der Waals surface area contributed by atoms with Crippen LogP contribution in [-0.2, 0) is 9.59 Å². The fourth-order valence-corrected chi connectivity index (χ4v) is 1.68. The van der Waals surface area contributed by atoms with E-state index in [1.807, 2.05) is 0 Å². The minimum absolute atomic E-state index is 0.00639. The van der Waals surface area contributed by atoms with Crippen LogP contribution in [0.5, 0.6) is 0 Å². The number of hydrogen-bond acceptors (Lipinski definition) is 2. The molecule has 0 aliphatic carbocycles. The Hall–Kier alpha value is -1.06. The standard InChI is InChI=1S/C10H16NO3/c1-7(2)8(10(13)14)9(12)11-5-3-4-6-11/h7H,3-6H2,1-2H3,(H,13,14). The second-order valence-corrected chi connectivity index (χ2v) is 3.87. The normalized spacial score (nSPS) is 16.7. The molecule has 0 saturated carbocycles. The van der Waals surface area contributed by atoms with Gasteiger partial charge in [0.25, 0.3) is 0 Å². The van der Waals surface area contributed by atoms with Crippen molar-refractivity contribution in [1.82, 2.24) is 4.90 Å². The summed E-state index contributed by atoms with van der Waals surface area (Å²) in [6.07, 6.45) is 1.97. The molecule has 1 aliphatic heterocycles. The Morgan fingerprint density at radius 3 is 2.07 bits per heavy atom. The van der Waals surface area contributed by atoms with Gasteiger partial charge in [-0.3, -0.25) is 9.59 Å². The molecule has 0 aromatic carbocycles. The van der Waals surface area contributed by atoms with E-state index >= 15 is 0 Å². The first kappa shape index (κ1) is 11.0. The number of likely N-dealkylation sites (tertiary alicyclic amines) is 1. The topological polar surface area (TPSA) is 57.6 Å². The van der Waals surface area contributed by atoms with Crippen molar-refractivity contribution >= 4 is 11.9 Å². The van der Waals surface area contributed by atoms with Crippen molar-refractivity contribution in [2.45, 2.75) is 26.7 Å². The Morgan fingerprint density at radius 1 is 1.21 bits per heavy atom. The number of amides is 1. The molecule has 0 aromatic heterocycles. The van der Waals surface area contributed by atoms with Gasteiger partial charge in [0.2, 0.25) is 5.91 Å². The van der Waals surface area contributed by atoms with Gasteiger partial charge in [-0.15, -0.1) is 0 Å². The number of aliphatic carboxylic acids is 1. The number of nitrogens with zero attached hydrogens (tertiary/aromatic N) is 1. The number of carboxylic acid groups (broad SMARTS) is 1. The number of carbonyl (C=O) groups excluding carboxylic acids is 1. The van der Waals surface area contributed by atoms with Gasteiger partial charge >= 0.3 is 5.97 Å². The highest BCUT2D eigenvalue weighted by Crippen LogP contribution is 2.20. The third-order valence-electron chi connectivity index (χ3n) is 2.43. The highest BCUT2D eigenvalue weighted by molar-refractivity contribution is 6.11. The molecule has 4 nitrogen and oxygen atoms in total. The maximum atomic E-state index is 11.7. The first-order valence-electron chi connectivity index (χ1n) is 4.93. The summed E-state index contributed by atoms with van der Waals surface area (Å²) in [4.78, 5) is 24.2. The summed E-state index contributed by atoms with van der Waals surface area (Å²) in [6.45, 7) is 4.86. The zero-order valence-electron chi connectivity index (χ0n) is 8.62. The van der Waals surface area contributed by atoms with Gasteiger partial charge in [0.1, 0.15) is 0 Å². The van der Waals surface area contributed by atoms with Crippen LogP contribution in [0.2, 0.25) is 0 Å². The van der Waals surface area contributed by atoms with E-state index in [4.69, 9.17) is 5.11 Å². The van der Waals surface area contributed by atoms with Gasteiger partial charge in [0, 0.05) is 13.1 Å². The van der Waals surface area contributed by atoms with Crippen molar-refractivity contribution in [3.8, 4) is 0 Å². The maximum Gasteiger partial charge on any atom is 0.321 e. The lowest BCUT2D eigenvalue weighted by Gasteiger charge is -2.21. The van der Waals surface area contributed by atoms with Crippen LogP contribution >= 0.6 is 0 Å². The van der Waals surface area contributed by atoms with Crippen molar-refractivity contribution in [3.63, 3.8) is 0 Å². The van der Waals surface area contributed by atoms with Gasteiger partial charge in [-0.2, -0.15) is 0 Å². The Labute approximate surface area is 83.9 Å². The minimum atomic E-state index is -1.09. The number of carbonyl (C=O) groups is 2. The predicted octanol–water partition coefficient (Wildman–Crippen LogP) is 0.924. The lowest BCUT2D eigenvalue weighted by molar-refractivity contribution is -0.141. The summed E-state index contributed by atoms with van der Waals surface area (Å²) in [5.41, 5.74) is 0. The molecule has 79 valence electrons. The molecule has 1 fully saturated rings. The molecular formula is C10H16NO3. The molecule has 1 radical (unpaired) electrons. The molecule has 0 spiro atoms. The molecule has 0 atom stereocenters. The summed E-state index contributed by atoms with van der Waals surface area (Å²) >= 11 is 0. The van der Waals surface area contributed by atoms with Gasteiger partial charge in [-0.25, -0.2) is 0 Å². The Balaban J connectivity index is 2.67. The van der Waals surface area contributed by atoms with Crippen LogP contribution in [-0.4, -0.2) is 35.0 Å². The highest BCUT2D eigenvalue weighted by atomic mass is 16.4. The minimum Gasteiger partial charge on any atom is -0.480 e. The van der Waals surface area contributed by atoms with Gasteiger partial charge < -0.3 is 10.0 Å². The zero-order valence-corrected chi connectivity index (χ0v) is 8.62. The quantitative estimate of drug-likeness (QED) is 0.686. The SMILES string of the molecule is CC(C)[C](C(=O)O)C(=O)N1CCCC1. The third kappa shape index (κ3) is 2.25.